The summed E-state index contributed by atoms with van der Waals surface area (Å²) >= 11 is 0. The van der Waals surface area contributed by atoms with Crippen LogP contribution in [-0.4, -0.2) is 49.9 Å². The Bertz CT molecular complexity index is 476. The van der Waals surface area contributed by atoms with Gasteiger partial charge in [-0.05, 0) is 12.0 Å². The summed E-state index contributed by atoms with van der Waals surface area (Å²) in [6.45, 7) is 1.28. The van der Waals surface area contributed by atoms with E-state index in [0.29, 0.717) is 19.6 Å². The van der Waals surface area contributed by atoms with Crippen LogP contribution in [0.1, 0.15) is 12.0 Å². The SMILES string of the molecule is COC(=O)[C@@H]1CN(C(=O)OCc2ccccc2)CCCO1. The van der Waals surface area contributed by atoms with E-state index < -0.39 is 18.2 Å². The van der Waals surface area contributed by atoms with Gasteiger partial charge in [0.25, 0.3) is 0 Å². The number of methoxy groups -OCH3 is 1. The summed E-state index contributed by atoms with van der Waals surface area (Å²) in [7, 11) is 1.30. The van der Waals surface area contributed by atoms with Crippen molar-refractivity contribution in [2.24, 2.45) is 0 Å². The normalized spacial score (nSPS) is 18.7. The number of hydrogen-bond donors (Lipinski definition) is 0. The van der Waals surface area contributed by atoms with Crippen LogP contribution in [-0.2, 0) is 25.6 Å². The number of carbonyl (C=O) groups is 2. The fraction of sp³-hybridized carbons (Fsp3) is 0.467. The fourth-order valence-corrected chi connectivity index (χ4v) is 2.08. The Morgan fingerprint density at radius 1 is 1.33 bits per heavy atom. The third-order valence-corrected chi connectivity index (χ3v) is 3.21. The molecule has 1 saturated heterocycles. The molecule has 6 nitrogen and oxygen atoms in total. The maximum atomic E-state index is 12.1. The summed E-state index contributed by atoms with van der Waals surface area (Å²) in [5.41, 5.74) is 0.918. The number of esters is 1. The van der Waals surface area contributed by atoms with E-state index in [1.54, 1.807) is 0 Å². The molecule has 0 unspecified atom stereocenters. The molecular weight excluding hydrogens is 274 g/mol. The zero-order chi connectivity index (χ0) is 15.1. The van der Waals surface area contributed by atoms with Crippen molar-refractivity contribution in [3.8, 4) is 0 Å². The van der Waals surface area contributed by atoms with Crippen molar-refractivity contribution in [1.82, 2.24) is 4.90 Å². The van der Waals surface area contributed by atoms with Gasteiger partial charge < -0.3 is 19.1 Å². The van der Waals surface area contributed by atoms with Crippen molar-refractivity contribution in [3.63, 3.8) is 0 Å². The van der Waals surface area contributed by atoms with Crippen LogP contribution in [0.4, 0.5) is 4.79 Å². The molecule has 0 saturated carbocycles. The summed E-state index contributed by atoms with van der Waals surface area (Å²) in [5, 5.41) is 0. The highest BCUT2D eigenvalue weighted by Gasteiger charge is 2.29. The van der Waals surface area contributed by atoms with Gasteiger partial charge in [0.2, 0.25) is 0 Å². The van der Waals surface area contributed by atoms with E-state index in [9.17, 15) is 9.59 Å². The minimum atomic E-state index is -0.748. The Balaban J connectivity index is 1.89. The topological polar surface area (TPSA) is 65.1 Å². The number of hydrogen-bond acceptors (Lipinski definition) is 5. The van der Waals surface area contributed by atoms with Crippen LogP contribution < -0.4 is 0 Å². The highest BCUT2D eigenvalue weighted by molar-refractivity contribution is 5.76. The van der Waals surface area contributed by atoms with Crippen LogP contribution in [0.15, 0.2) is 30.3 Å². The van der Waals surface area contributed by atoms with Crippen LogP contribution in [0.3, 0.4) is 0 Å². The molecule has 1 atom stereocenters. The van der Waals surface area contributed by atoms with E-state index in [1.807, 2.05) is 30.3 Å². The van der Waals surface area contributed by atoms with Gasteiger partial charge in [0.15, 0.2) is 6.10 Å². The van der Waals surface area contributed by atoms with Gasteiger partial charge in [-0.15, -0.1) is 0 Å². The molecule has 0 spiro atoms. The molecule has 6 heteroatoms. The molecule has 0 bridgehead atoms. The van der Waals surface area contributed by atoms with Crippen LogP contribution in [0, 0.1) is 0 Å². The lowest BCUT2D eigenvalue weighted by Crippen LogP contribution is -2.40. The molecule has 1 aromatic carbocycles. The van der Waals surface area contributed by atoms with Gasteiger partial charge in [-0.2, -0.15) is 0 Å². The third-order valence-electron chi connectivity index (χ3n) is 3.21. The number of ether oxygens (including phenoxy) is 3. The van der Waals surface area contributed by atoms with Crippen molar-refractivity contribution in [3.05, 3.63) is 35.9 Å². The van der Waals surface area contributed by atoms with Gasteiger partial charge in [-0.1, -0.05) is 30.3 Å². The van der Waals surface area contributed by atoms with E-state index in [1.165, 1.54) is 12.0 Å². The van der Waals surface area contributed by atoms with Crippen molar-refractivity contribution < 1.29 is 23.8 Å². The average molecular weight is 293 g/mol. The van der Waals surface area contributed by atoms with Crippen LogP contribution in [0.25, 0.3) is 0 Å². The molecule has 114 valence electrons. The van der Waals surface area contributed by atoms with E-state index in [2.05, 4.69) is 4.74 Å². The van der Waals surface area contributed by atoms with Crippen molar-refractivity contribution in [1.29, 1.82) is 0 Å². The van der Waals surface area contributed by atoms with E-state index in [4.69, 9.17) is 9.47 Å². The number of carbonyl (C=O) groups excluding carboxylic acids is 2. The molecule has 0 aromatic heterocycles. The maximum absolute atomic E-state index is 12.1. The van der Waals surface area contributed by atoms with E-state index in [-0.39, 0.29) is 13.2 Å². The lowest BCUT2D eigenvalue weighted by atomic mass is 10.2. The van der Waals surface area contributed by atoms with Gasteiger partial charge >= 0.3 is 12.1 Å². The Labute approximate surface area is 123 Å². The van der Waals surface area contributed by atoms with Crippen LogP contribution in [0.5, 0.6) is 0 Å². The van der Waals surface area contributed by atoms with E-state index >= 15 is 0 Å². The summed E-state index contributed by atoms with van der Waals surface area (Å²) in [4.78, 5) is 25.1. The fourth-order valence-electron chi connectivity index (χ4n) is 2.08. The molecule has 21 heavy (non-hydrogen) atoms. The zero-order valence-electron chi connectivity index (χ0n) is 12.0. The molecule has 1 heterocycles. The first-order valence-electron chi connectivity index (χ1n) is 6.86. The Morgan fingerprint density at radius 3 is 2.81 bits per heavy atom. The molecule has 1 aliphatic rings. The number of amides is 1. The van der Waals surface area contributed by atoms with Crippen molar-refractivity contribution in [2.75, 3.05) is 26.8 Å². The second kappa shape index (κ2) is 7.64. The molecule has 1 aliphatic heterocycles. The molecule has 0 aliphatic carbocycles. The predicted octanol–water partition coefficient (Wildman–Crippen LogP) is 1.59. The lowest BCUT2D eigenvalue weighted by Gasteiger charge is -2.22. The molecule has 1 fully saturated rings. The minimum Gasteiger partial charge on any atom is -0.467 e. The third kappa shape index (κ3) is 4.46. The van der Waals surface area contributed by atoms with Crippen LogP contribution >= 0.6 is 0 Å². The summed E-state index contributed by atoms with van der Waals surface area (Å²) in [5.74, 6) is -0.474. The summed E-state index contributed by atoms with van der Waals surface area (Å²) < 4.78 is 15.3. The minimum absolute atomic E-state index is 0.153. The largest absolute Gasteiger partial charge is 0.467 e. The first kappa shape index (κ1) is 15.3. The van der Waals surface area contributed by atoms with E-state index in [0.717, 1.165) is 5.56 Å². The van der Waals surface area contributed by atoms with Gasteiger partial charge in [-0.3, -0.25) is 0 Å². The second-order valence-corrected chi connectivity index (χ2v) is 4.72. The average Bonchev–Trinajstić information content (AvgIpc) is 2.79. The summed E-state index contributed by atoms with van der Waals surface area (Å²) in [6.07, 6.45) is -0.534. The number of nitrogens with zero attached hydrogens (tertiary/aromatic N) is 1. The molecule has 0 radical (unpaired) electrons. The zero-order valence-corrected chi connectivity index (χ0v) is 12.0. The highest BCUT2D eigenvalue weighted by atomic mass is 16.6. The Morgan fingerprint density at radius 2 is 2.10 bits per heavy atom. The van der Waals surface area contributed by atoms with Gasteiger partial charge in [0.05, 0.1) is 13.7 Å². The number of benzene rings is 1. The Kier molecular flexibility index (Phi) is 5.57. The predicted molar refractivity (Wildman–Crippen MR) is 74.6 cm³/mol. The first-order valence-corrected chi connectivity index (χ1v) is 6.86. The maximum Gasteiger partial charge on any atom is 0.410 e. The quantitative estimate of drug-likeness (QED) is 0.792. The highest BCUT2D eigenvalue weighted by Crippen LogP contribution is 2.10. The second-order valence-electron chi connectivity index (χ2n) is 4.72. The molecule has 1 aromatic rings. The van der Waals surface area contributed by atoms with Crippen molar-refractivity contribution >= 4 is 12.1 Å². The van der Waals surface area contributed by atoms with Gasteiger partial charge in [-0.25, -0.2) is 9.59 Å². The van der Waals surface area contributed by atoms with Gasteiger partial charge in [0.1, 0.15) is 6.61 Å². The first-order chi connectivity index (χ1) is 10.2. The van der Waals surface area contributed by atoms with Gasteiger partial charge in [0, 0.05) is 13.2 Å². The monoisotopic (exact) mass is 293 g/mol. The molecule has 1 amide bonds. The molecule has 2 rings (SSSR count). The van der Waals surface area contributed by atoms with Crippen molar-refractivity contribution in [2.45, 2.75) is 19.1 Å². The number of rotatable bonds is 3. The standard InChI is InChI=1S/C15H19NO5/c1-19-14(17)13-10-16(8-5-9-20-13)15(18)21-11-12-6-3-2-4-7-12/h2-4,6-7,13H,5,8-11H2,1H3/t13-/m0/s1. The summed E-state index contributed by atoms with van der Waals surface area (Å²) in [6, 6.07) is 9.44. The smallest absolute Gasteiger partial charge is 0.410 e. The molecule has 0 N–H and O–H groups in total. The molecular formula is C15H19NO5. The Hall–Kier alpha value is -2.08. The lowest BCUT2D eigenvalue weighted by molar-refractivity contribution is -0.153. The van der Waals surface area contributed by atoms with Crippen LogP contribution in [0.2, 0.25) is 0 Å².